The van der Waals surface area contributed by atoms with E-state index in [2.05, 4.69) is 10.1 Å². The summed E-state index contributed by atoms with van der Waals surface area (Å²) in [6, 6.07) is 1.77. The summed E-state index contributed by atoms with van der Waals surface area (Å²) in [5, 5.41) is 4.91. The standard InChI is InChI=1S/C10H7N3O2S/c1-16-8-2-5-6(14)3-7(15)9-10(5)13(8)12-4-11-9/h2,4H,3H2,1H3. The summed E-state index contributed by atoms with van der Waals surface area (Å²) < 4.78 is 1.61. The van der Waals surface area contributed by atoms with Crippen molar-refractivity contribution in [1.29, 1.82) is 0 Å². The van der Waals surface area contributed by atoms with Crippen molar-refractivity contribution in [3.8, 4) is 0 Å². The number of carbonyl (C=O) groups excluding carboxylic acids is 2. The first-order chi connectivity index (χ1) is 7.72. The van der Waals surface area contributed by atoms with Gasteiger partial charge in [0.15, 0.2) is 11.6 Å². The molecule has 3 rings (SSSR count). The third kappa shape index (κ3) is 1.07. The number of Topliss-reactive ketones (excluding diaryl/α,β-unsaturated/α-hetero) is 2. The number of hydrogen-bond acceptors (Lipinski definition) is 5. The van der Waals surface area contributed by atoms with E-state index in [4.69, 9.17) is 0 Å². The van der Waals surface area contributed by atoms with E-state index in [1.165, 1.54) is 18.1 Å². The third-order valence-corrected chi connectivity index (χ3v) is 3.33. The Labute approximate surface area is 94.9 Å². The highest BCUT2D eigenvalue weighted by molar-refractivity contribution is 7.98. The van der Waals surface area contributed by atoms with Crippen molar-refractivity contribution in [2.45, 2.75) is 11.4 Å². The Hall–Kier alpha value is -1.69. The molecule has 0 saturated heterocycles. The van der Waals surface area contributed by atoms with Crippen molar-refractivity contribution < 1.29 is 9.59 Å². The van der Waals surface area contributed by atoms with E-state index in [9.17, 15) is 9.59 Å². The molecule has 0 radical (unpaired) electrons. The lowest BCUT2D eigenvalue weighted by atomic mass is 9.98. The van der Waals surface area contributed by atoms with Crippen molar-refractivity contribution in [1.82, 2.24) is 14.6 Å². The molecule has 0 spiro atoms. The molecule has 2 aromatic heterocycles. The van der Waals surface area contributed by atoms with Crippen LogP contribution in [-0.2, 0) is 0 Å². The first kappa shape index (κ1) is 9.53. The summed E-state index contributed by atoms with van der Waals surface area (Å²) in [5.74, 6) is -0.374. The van der Waals surface area contributed by atoms with Crippen LogP contribution in [0.25, 0.3) is 5.52 Å². The van der Waals surface area contributed by atoms with Crippen molar-refractivity contribution in [3.63, 3.8) is 0 Å². The fourth-order valence-corrected chi connectivity index (χ4v) is 2.45. The minimum Gasteiger partial charge on any atom is -0.294 e. The molecule has 1 aliphatic rings. The molecule has 80 valence electrons. The summed E-state index contributed by atoms with van der Waals surface area (Å²) in [4.78, 5) is 27.3. The summed E-state index contributed by atoms with van der Waals surface area (Å²) in [7, 11) is 0. The van der Waals surface area contributed by atoms with Crippen LogP contribution in [0.4, 0.5) is 0 Å². The molecule has 6 heteroatoms. The number of hydrogen-bond donors (Lipinski definition) is 0. The summed E-state index contributed by atoms with van der Waals surface area (Å²) >= 11 is 1.48. The van der Waals surface area contributed by atoms with Crippen LogP contribution in [0.2, 0.25) is 0 Å². The van der Waals surface area contributed by atoms with Crippen LogP contribution in [0, 0.1) is 0 Å². The molecule has 0 saturated carbocycles. The molecule has 0 amide bonds. The van der Waals surface area contributed by atoms with Crippen LogP contribution in [-0.4, -0.2) is 32.4 Å². The van der Waals surface area contributed by atoms with E-state index in [1.54, 1.807) is 10.6 Å². The van der Waals surface area contributed by atoms with E-state index in [1.807, 2.05) is 6.26 Å². The van der Waals surface area contributed by atoms with Gasteiger partial charge >= 0.3 is 0 Å². The van der Waals surface area contributed by atoms with Gasteiger partial charge < -0.3 is 0 Å². The molecular weight excluding hydrogens is 226 g/mol. The first-order valence-corrected chi connectivity index (χ1v) is 5.92. The maximum Gasteiger partial charge on any atom is 0.191 e. The number of aromatic nitrogens is 3. The minimum absolute atomic E-state index is 0.0858. The normalized spacial score (nSPS) is 14.8. The molecule has 2 aromatic rings. The Morgan fingerprint density at radius 1 is 1.38 bits per heavy atom. The molecular formula is C10H7N3O2S. The highest BCUT2D eigenvalue weighted by Crippen LogP contribution is 2.29. The van der Waals surface area contributed by atoms with Crippen molar-refractivity contribution in [3.05, 3.63) is 23.7 Å². The third-order valence-electron chi connectivity index (χ3n) is 2.62. The highest BCUT2D eigenvalue weighted by atomic mass is 32.2. The maximum absolute atomic E-state index is 11.7. The van der Waals surface area contributed by atoms with Gasteiger partial charge in [-0.25, -0.2) is 9.50 Å². The van der Waals surface area contributed by atoms with E-state index in [0.29, 0.717) is 16.8 Å². The molecule has 0 fully saturated rings. The molecule has 0 aromatic carbocycles. The van der Waals surface area contributed by atoms with Gasteiger partial charge in [0.05, 0.1) is 11.4 Å². The van der Waals surface area contributed by atoms with Gasteiger partial charge in [0.25, 0.3) is 0 Å². The largest absolute Gasteiger partial charge is 0.294 e. The SMILES string of the molecule is CSc1cc2c3c(ncnn13)C(=O)CC2=O. The second-order valence-corrected chi connectivity index (χ2v) is 4.32. The Bertz CT molecular complexity index is 632. The minimum atomic E-state index is -0.226. The number of rotatable bonds is 1. The van der Waals surface area contributed by atoms with Gasteiger partial charge in [0.2, 0.25) is 0 Å². The van der Waals surface area contributed by atoms with Gasteiger partial charge in [-0.05, 0) is 12.3 Å². The lowest BCUT2D eigenvalue weighted by Gasteiger charge is -2.08. The Morgan fingerprint density at radius 3 is 2.94 bits per heavy atom. The number of ketones is 2. The van der Waals surface area contributed by atoms with Crippen LogP contribution in [0.3, 0.4) is 0 Å². The van der Waals surface area contributed by atoms with Crippen molar-refractivity contribution in [2.24, 2.45) is 0 Å². The monoisotopic (exact) mass is 233 g/mol. The molecule has 0 N–H and O–H groups in total. The van der Waals surface area contributed by atoms with Crippen LogP contribution in [0.15, 0.2) is 17.4 Å². The Kier molecular flexibility index (Phi) is 1.88. The average molecular weight is 233 g/mol. The number of nitrogens with zero attached hydrogens (tertiary/aromatic N) is 3. The molecule has 1 aliphatic carbocycles. The second kappa shape index (κ2) is 3.15. The van der Waals surface area contributed by atoms with E-state index in [-0.39, 0.29) is 18.0 Å². The van der Waals surface area contributed by atoms with Gasteiger partial charge in [-0.15, -0.1) is 11.8 Å². The lowest BCUT2D eigenvalue weighted by Crippen LogP contribution is -2.18. The van der Waals surface area contributed by atoms with Crippen LogP contribution < -0.4 is 0 Å². The summed E-state index contributed by atoms with van der Waals surface area (Å²) in [5.41, 5.74) is 1.46. The van der Waals surface area contributed by atoms with Crippen molar-refractivity contribution in [2.75, 3.05) is 6.26 Å². The van der Waals surface area contributed by atoms with Gasteiger partial charge in [-0.2, -0.15) is 5.10 Å². The maximum atomic E-state index is 11.7. The predicted octanol–water partition coefficient (Wildman–Crippen LogP) is 1.22. The summed E-state index contributed by atoms with van der Waals surface area (Å²) in [6.07, 6.45) is 3.16. The van der Waals surface area contributed by atoms with Crippen molar-refractivity contribution >= 4 is 28.8 Å². The first-order valence-electron chi connectivity index (χ1n) is 4.69. The fraction of sp³-hybridized carbons (Fsp3) is 0.200. The molecule has 0 atom stereocenters. The molecule has 5 nitrogen and oxygen atoms in total. The van der Waals surface area contributed by atoms with E-state index in [0.717, 1.165) is 5.03 Å². The van der Waals surface area contributed by atoms with Gasteiger partial charge in [0, 0.05) is 5.56 Å². The molecule has 16 heavy (non-hydrogen) atoms. The molecule has 0 unspecified atom stereocenters. The second-order valence-electron chi connectivity index (χ2n) is 3.49. The van der Waals surface area contributed by atoms with Crippen LogP contribution >= 0.6 is 11.8 Å². The fourth-order valence-electron chi connectivity index (χ4n) is 1.90. The summed E-state index contributed by atoms with van der Waals surface area (Å²) in [6.45, 7) is 0. The highest BCUT2D eigenvalue weighted by Gasteiger charge is 2.29. The Morgan fingerprint density at radius 2 is 2.19 bits per heavy atom. The molecule has 0 aliphatic heterocycles. The Balaban J connectivity index is 2.50. The van der Waals surface area contributed by atoms with Crippen LogP contribution in [0.1, 0.15) is 27.3 Å². The zero-order valence-electron chi connectivity index (χ0n) is 8.43. The smallest absolute Gasteiger partial charge is 0.191 e. The quantitative estimate of drug-likeness (QED) is 0.547. The van der Waals surface area contributed by atoms with E-state index < -0.39 is 0 Å². The zero-order valence-corrected chi connectivity index (χ0v) is 9.24. The van der Waals surface area contributed by atoms with E-state index >= 15 is 0 Å². The zero-order chi connectivity index (χ0) is 11.3. The number of carbonyl (C=O) groups is 2. The number of thioether (sulfide) groups is 1. The lowest BCUT2D eigenvalue weighted by molar-refractivity contribution is 0.0886. The topological polar surface area (TPSA) is 64.3 Å². The van der Waals surface area contributed by atoms with Gasteiger partial charge in [0.1, 0.15) is 17.5 Å². The average Bonchev–Trinajstić information content (AvgIpc) is 2.66. The molecule has 2 heterocycles. The molecule has 0 bridgehead atoms. The van der Waals surface area contributed by atoms with Gasteiger partial charge in [-0.3, -0.25) is 9.59 Å². The van der Waals surface area contributed by atoms with Gasteiger partial charge in [-0.1, -0.05) is 0 Å². The van der Waals surface area contributed by atoms with Crippen LogP contribution in [0.5, 0.6) is 0 Å². The predicted molar refractivity (Wildman–Crippen MR) is 58.0 cm³/mol.